The SMILES string of the molecule is BC(B)CCC. The topological polar surface area (TPSA) is 0 Å². The molecule has 0 aliphatic heterocycles. The van der Waals surface area contributed by atoms with Crippen LogP contribution in [0, 0.1) is 0 Å². The average Bonchev–Trinajstić information content (AvgIpc) is 1.35. The summed E-state index contributed by atoms with van der Waals surface area (Å²) < 4.78 is 0. The highest BCUT2D eigenvalue weighted by Gasteiger charge is 1.86. The van der Waals surface area contributed by atoms with Crippen LogP contribution < -0.4 is 0 Å². The zero-order valence-electron chi connectivity index (χ0n) is 4.99. The molecule has 34 valence electrons. The number of rotatable bonds is 2. The van der Waals surface area contributed by atoms with Crippen molar-refractivity contribution in [2.75, 3.05) is 0 Å². The summed E-state index contributed by atoms with van der Waals surface area (Å²) in [7, 11) is 4.51. The van der Waals surface area contributed by atoms with Crippen molar-refractivity contribution in [2.45, 2.75) is 25.5 Å². The second-order valence-electron chi connectivity index (χ2n) is 2.18. The van der Waals surface area contributed by atoms with Crippen LogP contribution in [0.1, 0.15) is 19.8 Å². The predicted molar refractivity (Wildman–Crippen MR) is 35.7 cm³/mol. The van der Waals surface area contributed by atoms with E-state index in [9.17, 15) is 0 Å². The Morgan fingerprint density at radius 3 is 2.00 bits per heavy atom. The van der Waals surface area contributed by atoms with E-state index in [2.05, 4.69) is 22.6 Å². The molecule has 0 aromatic rings. The molecular weight excluding hydrogens is 69.7 g/mol. The largest absolute Gasteiger partial charge is 0.0959 e. The third-order valence-corrected chi connectivity index (χ3v) is 0.866. The van der Waals surface area contributed by atoms with Gasteiger partial charge in [0.15, 0.2) is 0 Å². The predicted octanol–water partition coefficient (Wildman–Crippen LogP) is -0.201. The minimum Gasteiger partial charge on any atom is -0.0959 e. The molecule has 0 aromatic carbocycles. The van der Waals surface area contributed by atoms with Gasteiger partial charge in [0, 0.05) is 0 Å². The van der Waals surface area contributed by atoms with Crippen molar-refractivity contribution >= 4 is 15.7 Å². The minimum atomic E-state index is 0.898. The molecule has 2 heteroatoms. The second-order valence-corrected chi connectivity index (χ2v) is 2.18. The van der Waals surface area contributed by atoms with E-state index in [1.807, 2.05) is 0 Å². The maximum absolute atomic E-state index is 2.25. The maximum Gasteiger partial charge on any atom is 0.0957 e. The van der Waals surface area contributed by atoms with Crippen LogP contribution in [0.25, 0.3) is 0 Å². The first-order valence-corrected chi connectivity index (χ1v) is 2.77. The molecule has 0 saturated heterocycles. The highest BCUT2D eigenvalue weighted by molar-refractivity contribution is 6.35. The number of hydrogen-bond donors (Lipinski definition) is 0. The van der Waals surface area contributed by atoms with Crippen molar-refractivity contribution < 1.29 is 0 Å². The van der Waals surface area contributed by atoms with Crippen LogP contribution in [0.15, 0.2) is 0 Å². The molecule has 0 rings (SSSR count). The highest BCUT2D eigenvalue weighted by Crippen LogP contribution is 1.99. The molecule has 6 heavy (non-hydrogen) atoms. The molecule has 0 bridgehead atoms. The van der Waals surface area contributed by atoms with Gasteiger partial charge in [-0.25, -0.2) is 0 Å². The molecule has 0 N–H and O–H groups in total. The van der Waals surface area contributed by atoms with E-state index >= 15 is 0 Å². The molecule has 0 radical (unpaired) electrons. The van der Waals surface area contributed by atoms with Crippen LogP contribution in [-0.2, 0) is 0 Å². The van der Waals surface area contributed by atoms with Crippen LogP contribution >= 0.6 is 0 Å². The first kappa shape index (κ1) is 6.13. The van der Waals surface area contributed by atoms with Crippen molar-refractivity contribution in [1.82, 2.24) is 0 Å². The molecule has 0 nitrogen and oxygen atoms in total. The fraction of sp³-hybridized carbons (Fsp3) is 1.00. The summed E-state index contributed by atoms with van der Waals surface area (Å²) in [6.07, 6.45) is 2.71. The highest BCUT2D eigenvalue weighted by atomic mass is 13.8. The third-order valence-electron chi connectivity index (χ3n) is 0.866. The van der Waals surface area contributed by atoms with E-state index in [1.165, 1.54) is 12.8 Å². The van der Waals surface area contributed by atoms with Crippen LogP contribution in [0.5, 0.6) is 0 Å². The van der Waals surface area contributed by atoms with Crippen molar-refractivity contribution in [1.29, 1.82) is 0 Å². The van der Waals surface area contributed by atoms with Gasteiger partial charge in [-0.05, 0) is 0 Å². The van der Waals surface area contributed by atoms with Crippen molar-refractivity contribution in [3.05, 3.63) is 0 Å². The summed E-state index contributed by atoms with van der Waals surface area (Å²) in [5.74, 6) is 0. The average molecular weight is 81.8 g/mol. The van der Waals surface area contributed by atoms with E-state index in [1.54, 1.807) is 0 Å². The summed E-state index contributed by atoms with van der Waals surface area (Å²) in [6.45, 7) is 2.22. The first-order valence-electron chi connectivity index (χ1n) is 2.77. The summed E-state index contributed by atoms with van der Waals surface area (Å²) >= 11 is 0. The Bertz CT molecular complexity index is 26.7. The van der Waals surface area contributed by atoms with Crippen molar-refractivity contribution in [3.63, 3.8) is 0 Å². The van der Waals surface area contributed by atoms with Crippen molar-refractivity contribution in [2.24, 2.45) is 0 Å². The molecule has 0 fully saturated rings. The Kier molecular flexibility index (Phi) is 3.40. The monoisotopic (exact) mass is 82.1 g/mol. The van der Waals surface area contributed by atoms with Crippen LogP contribution in [-0.4, -0.2) is 15.7 Å². The molecule has 0 aliphatic rings. The lowest BCUT2D eigenvalue weighted by atomic mass is 9.68. The number of hydrogen-bond acceptors (Lipinski definition) is 0. The van der Waals surface area contributed by atoms with Gasteiger partial charge in [-0.15, -0.1) is 0 Å². The second kappa shape index (κ2) is 3.32. The van der Waals surface area contributed by atoms with Crippen molar-refractivity contribution in [3.8, 4) is 0 Å². The molecule has 0 spiro atoms. The Hall–Kier alpha value is 0.130. The summed E-state index contributed by atoms with van der Waals surface area (Å²) in [5, 5.41) is 0. The lowest BCUT2D eigenvalue weighted by molar-refractivity contribution is 0.851. The summed E-state index contributed by atoms with van der Waals surface area (Å²) in [4.78, 5) is 0. The lowest BCUT2D eigenvalue weighted by Gasteiger charge is -1.95. The minimum absolute atomic E-state index is 0.898. The quantitative estimate of drug-likeness (QED) is 0.404. The van der Waals surface area contributed by atoms with E-state index in [4.69, 9.17) is 0 Å². The van der Waals surface area contributed by atoms with E-state index in [0.29, 0.717) is 0 Å². The van der Waals surface area contributed by atoms with Gasteiger partial charge in [-0.3, -0.25) is 0 Å². The molecular formula is C4H12B2. The van der Waals surface area contributed by atoms with Gasteiger partial charge in [-0.1, -0.05) is 25.5 Å². The van der Waals surface area contributed by atoms with Gasteiger partial charge in [-0.2, -0.15) is 0 Å². The summed E-state index contributed by atoms with van der Waals surface area (Å²) in [6, 6.07) is 0. The van der Waals surface area contributed by atoms with Gasteiger partial charge in [0.1, 0.15) is 0 Å². The van der Waals surface area contributed by atoms with E-state index in [-0.39, 0.29) is 0 Å². The smallest absolute Gasteiger partial charge is 0.0957 e. The van der Waals surface area contributed by atoms with Gasteiger partial charge >= 0.3 is 0 Å². The molecule has 0 amide bonds. The zero-order chi connectivity index (χ0) is 4.99. The van der Waals surface area contributed by atoms with E-state index in [0.717, 1.165) is 5.72 Å². The Morgan fingerprint density at radius 2 is 2.00 bits per heavy atom. The zero-order valence-corrected chi connectivity index (χ0v) is 4.99. The Balaban J connectivity index is 2.63. The van der Waals surface area contributed by atoms with Crippen LogP contribution in [0.2, 0.25) is 5.72 Å². The maximum atomic E-state index is 2.25. The van der Waals surface area contributed by atoms with Gasteiger partial charge < -0.3 is 0 Å². The van der Waals surface area contributed by atoms with Crippen LogP contribution in [0.3, 0.4) is 0 Å². The Morgan fingerprint density at radius 1 is 1.50 bits per heavy atom. The van der Waals surface area contributed by atoms with Gasteiger partial charge in [0.2, 0.25) is 0 Å². The van der Waals surface area contributed by atoms with Gasteiger partial charge in [0.25, 0.3) is 0 Å². The fourth-order valence-electron chi connectivity index (χ4n) is 0.577. The van der Waals surface area contributed by atoms with Crippen LogP contribution in [0.4, 0.5) is 0 Å². The molecule has 0 aromatic heterocycles. The molecule has 0 atom stereocenters. The fourth-order valence-corrected chi connectivity index (χ4v) is 0.577. The third kappa shape index (κ3) is 4.13. The lowest BCUT2D eigenvalue weighted by Crippen LogP contribution is -1.87. The summed E-state index contributed by atoms with van der Waals surface area (Å²) in [5.41, 5.74) is 0.898. The standard InChI is InChI=1S/C4H12B2/c1-2-3-4(5)6/h4H,2-3,5-6H2,1H3. The first-order chi connectivity index (χ1) is 2.77. The van der Waals surface area contributed by atoms with Gasteiger partial charge in [0.05, 0.1) is 15.7 Å². The molecule has 0 heterocycles. The molecule has 0 saturated carbocycles. The van der Waals surface area contributed by atoms with E-state index < -0.39 is 0 Å². The normalized spacial score (nSPS) is 9.67. The molecule has 0 unspecified atom stereocenters. The molecule has 0 aliphatic carbocycles. The Labute approximate surface area is 42.1 Å².